The summed E-state index contributed by atoms with van der Waals surface area (Å²) in [6, 6.07) is 10.7. The summed E-state index contributed by atoms with van der Waals surface area (Å²) in [5, 5.41) is 12.7. The number of ether oxygens (including phenoxy) is 2. The van der Waals surface area contributed by atoms with Crippen LogP contribution >= 0.6 is 0 Å². The first-order valence-electron chi connectivity index (χ1n) is 15.9. The molecule has 2 amide bonds. The van der Waals surface area contributed by atoms with Crippen LogP contribution in [0.1, 0.15) is 95.6 Å². The van der Waals surface area contributed by atoms with E-state index < -0.39 is 38.8 Å². The number of alkyl carbamates (subject to hydrolysis) is 1. The van der Waals surface area contributed by atoms with Gasteiger partial charge in [-0.25, -0.2) is 14.5 Å². The maximum Gasteiger partial charge on any atom is 0.408 e. The van der Waals surface area contributed by atoms with E-state index in [0.717, 1.165) is 36.8 Å². The van der Waals surface area contributed by atoms with Gasteiger partial charge in [0.15, 0.2) is 10.6 Å². The number of nitrogens with one attached hydrogen (secondary N) is 2. The molecule has 12 heteroatoms. The van der Waals surface area contributed by atoms with Gasteiger partial charge in [-0.05, 0) is 88.6 Å². The Morgan fingerprint density at radius 2 is 1.73 bits per heavy atom. The molecule has 2 aromatic rings. The fourth-order valence-corrected chi connectivity index (χ4v) is 7.19. The molecule has 11 nitrogen and oxygen atoms in total. The van der Waals surface area contributed by atoms with Crippen LogP contribution in [0.4, 0.5) is 10.6 Å². The summed E-state index contributed by atoms with van der Waals surface area (Å²) in [6.45, 7) is 7.85. The molecule has 1 aromatic heterocycles. The third-order valence-electron chi connectivity index (χ3n) is 8.96. The van der Waals surface area contributed by atoms with Crippen molar-refractivity contribution in [2.75, 3.05) is 24.6 Å². The monoisotopic (exact) mass is 642 g/mol. The zero-order valence-electron chi connectivity index (χ0n) is 26.7. The molecule has 0 unspecified atom stereocenters. The fraction of sp³-hybridized carbons (Fsp3) is 0.606. The number of aryl methyl sites for hydroxylation is 1. The van der Waals surface area contributed by atoms with E-state index in [-0.39, 0.29) is 11.6 Å². The molecule has 3 N–H and O–H groups in total. The number of hydrogen-bond acceptors (Lipinski definition) is 9. The number of amides is 2. The first kappa shape index (κ1) is 33.0. The summed E-state index contributed by atoms with van der Waals surface area (Å²) in [6.07, 6.45) is 6.77. The van der Waals surface area contributed by atoms with E-state index in [1.807, 2.05) is 17.9 Å². The number of rotatable bonds is 9. The van der Waals surface area contributed by atoms with Crippen LogP contribution in [0.15, 0.2) is 41.4 Å². The van der Waals surface area contributed by atoms with Crippen molar-refractivity contribution < 1.29 is 32.6 Å². The Morgan fingerprint density at radius 3 is 2.36 bits per heavy atom. The molecule has 5 rings (SSSR count). The van der Waals surface area contributed by atoms with E-state index in [1.54, 1.807) is 32.9 Å². The minimum atomic E-state index is -4.29. The Morgan fingerprint density at radius 1 is 1.04 bits per heavy atom. The zero-order valence-corrected chi connectivity index (χ0v) is 27.5. The van der Waals surface area contributed by atoms with Crippen LogP contribution in [0.2, 0.25) is 0 Å². The molecular formula is C33H46N4O7S. The van der Waals surface area contributed by atoms with Crippen molar-refractivity contribution in [1.82, 2.24) is 15.0 Å². The number of aliphatic hydroxyl groups is 1. The average Bonchev–Trinajstić information content (AvgIpc) is 3.78. The number of benzene rings is 1. The van der Waals surface area contributed by atoms with Crippen LogP contribution in [0.5, 0.6) is 5.75 Å². The second kappa shape index (κ2) is 12.8. The Kier molecular flexibility index (Phi) is 9.38. The van der Waals surface area contributed by atoms with Gasteiger partial charge >= 0.3 is 6.09 Å². The van der Waals surface area contributed by atoms with Crippen molar-refractivity contribution in [3.63, 3.8) is 0 Å². The lowest BCUT2D eigenvalue weighted by Crippen LogP contribution is -2.58. The van der Waals surface area contributed by atoms with Crippen molar-refractivity contribution in [3.05, 3.63) is 47.5 Å². The molecule has 0 atom stereocenters. The molecule has 2 saturated carbocycles. The van der Waals surface area contributed by atoms with Crippen molar-refractivity contribution in [2.45, 2.75) is 113 Å². The van der Waals surface area contributed by atoms with Gasteiger partial charge in [-0.3, -0.25) is 4.79 Å². The molecule has 0 spiro atoms. The number of nitrogens with zero attached hydrogens (tertiary/aromatic N) is 2. The second-order valence-electron chi connectivity index (χ2n) is 13.8. The molecule has 1 aromatic carbocycles. The maximum absolute atomic E-state index is 13.4. The van der Waals surface area contributed by atoms with E-state index in [2.05, 4.69) is 27.2 Å². The zero-order chi connectivity index (χ0) is 32.5. The van der Waals surface area contributed by atoms with Gasteiger partial charge in [-0.2, -0.15) is 8.42 Å². The Balaban J connectivity index is 1.25. The normalized spacial score (nSPS) is 19.8. The summed E-state index contributed by atoms with van der Waals surface area (Å²) in [5.41, 5.74) is -0.656. The Bertz CT molecular complexity index is 1500. The molecule has 3 fully saturated rings. The highest BCUT2D eigenvalue weighted by atomic mass is 32.2. The van der Waals surface area contributed by atoms with Crippen molar-refractivity contribution in [1.29, 1.82) is 0 Å². The van der Waals surface area contributed by atoms with Crippen molar-refractivity contribution >= 4 is 27.8 Å². The van der Waals surface area contributed by atoms with Crippen LogP contribution in [0, 0.1) is 6.92 Å². The highest BCUT2D eigenvalue weighted by molar-refractivity contribution is 7.90. The molecular weight excluding hydrogens is 596 g/mol. The summed E-state index contributed by atoms with van der Waals surface area (Å²) in [4.78, 5) is 32.1. The number of hydrogen-bond donors (Lipinski definition) is 3. The highest BCUT2D eigenvalue weighted by Gasteiger charge is 2.54. The molecule has 2 aliphatic carbocycles. The van der Waals surface area contributed by atoms with E-state index in [1.165, 1.54) is 12.5 Å². The lowest BCUT2D eigenvalue weighted by atomic mass is 9.83. The van der Waals surface area contributed by atoms with Crippen molar-refractivity contribution in [2.24, 2.45) is 0 Å². The molecule has 3 aliphatic rings. The number of aromatic nitrogens is 1. The third-order valence-corrected chi connectivity index (χ3v) is 10.2. The summed E-state index contributed by atoms with van der Waals surface area (Å²) >= 11 is 0. The molecule has 1 aliphatic heterocycles. The largest absolute Gasteiger partial charge is 0.477 e. The number of carbonyl (C=O) groups is 2. The quantitative estimate of drug-likeness (QED) is 0.354. The second-order valence-corrected chi connectivity index (χ2v) is 15.4. The molecule has 45 heavy (non-hydrogen) atoms. The maximum atomic E-state index is 13.4. The summed E-state index contributed by atoms with van der Waals surface area (Å²) in [5.74, 6) is 0.764. The number of anilines is 1. The van der Waals surface area contributed by atoms with Gasteiger partial charge in [0, 0.05) is 25.9 Å². The van der Waals surface area contributed by atoms with Gasteiger partial charge < -0.3 is 24.8 Å². The van der Waals surface area contributed by atoms with Gasteiger partial charge in [0.05, 0.1) is 12.1 Å². The number of pyridine rings is 1. The predicted octanol–water partition coefficient (Wildman–Crippen LogP) is 4.71. The van der Waals surface area contributed by atoms with E-state index in [9.17, 15) is 23.1 Å². The molecule has 0 radical (unpaired) electrons. The number of sulfonamides is 1. The fourth-order valence-electron chi connectivity index (χ4n) is 6.18. The molecule has 1 saturated heterocycles. The number of piperidine rings is 1. The predicted molar refractivity (Wildman–Crippen MR) is 170 cm³/mol. The molecule has 0 bridgehead atoms. The average molecular weight is 643 g/mol. The Labute approximate surface area is 266 Å². The van der Waals surface area contributed by atoms with Gasteiger partial charge in [0.1, 0.15) is 17.2 Å². The van der Waals surface area contributed by atoms with Gasteiger partial charge in [0.2, 0.25) is 0 Å². The first-order chi connectivity index (χ1) is 21.2. The lowest BCUT2D eigenvalue weighted by molar-refractivity contribution is -0.128. The minimum absolute atomic E-state index is 0.261. The summed E-state index contributed by atoms with van der Waals surface area (Å²) in [7, 11) is -4.29. The molecule has 2 heterocycles. The van der Waals surface area contributed by atoms with Crippen LogP contribution in [-0.2, 0) is 19.6 Å². The van der Waals surface area contributed by atoms with Gasteiger partial charge in [-0.1, -0.05) is 37.5 Å². The minimum Gasteiger partial charge on any atom is -0.477 e. The van der Waals surface area contributed by atoms with Gasteiger partial charge in [-0.15, -0.1) is 0 Å². The molecule has 246 valence electrons. The first-order valence-corrected chi connectivity index (χ1v) is 17.4. The van der Waals surface area contributed by atoms with E-state index in [4.69, 9.17) is 9.47 Å². The smallest absolute Gasteiger partial charge is 0.408 e. The third kappa shape index (κ3) is 7.89. The van der Waals surface area contributed by atoms with Gasteiger partial charge in [0.25, 0.3) is 15.9 Å². The van der Waals surface area contributed by atoms with E-state index in [0.29, 0.717) is 56.3 Å². The summed E-state index contributed by atoms with van der Waals surface area (Å²) < 4.78 is 40.8. The Hall–Kier alpha value is -3.38. The SMILES string of the molecule is Cc1ccc(C2CCCCC2)c(OC2(C(=O)NS(=O)(=O)c3cccc(N4CCC(CO)(NC(=O)OC(C)(C)C)CC4)n3)CC2)c1. The standard InChI is InChI=1S/C33H46N4O7S/c1-23-13-14-25(24-9-6-5-7-10-24)26(21-23)43-33(15-16-33)29(39)36-45(41,42)28-12-8-11-27(34-28)37-19-17-32(22-38,18-20-37)35-30(40)44-31(2,3)4/h8,11-14,21,24,38H,5-7,9-10,15-20,22H2,1-4H3,(H,35,40)(H,36,39). The van der Waals surface area contributed by atoms with Crippen LogP contribution in [-0.4, -0.2) is 66.9 Å². The van der Waals surface area contributed by atoms with E-state index >= 15 is 0 Å². The highest BCUT2D eigenvalue weighted by Crippen LogP contribution is 2.45. The topological polar surface area (TPSA) is 147 Å². The number of aliphatic hydroxyl groups excluding tert-OH is 1. The van der Waals surface area contributed by atoms with Crippen LogP contribution in [0.3, 0.4) is 0 Å². The van der Waals surface area contributed by atoms with Crippen LogP contribution in [0.25, 0.3) is 0 Å². The van der Waals surface area contributed by atoms with Crippen LogP contribution < -0.4 is 19.7 Å². The lowest BCUT2D eigenvalue weighted by Gasteiger charge is -2.41. The van der Waals surface area contributed by atoms with Crippen molar-refractivity contribution in [3.8, 4) is 5.75 Å². The number of carbonyl (C=O) groups excluding carboxylic acids is 2.